The van der Waals surface area contributed by atoms with E-state index >= 15 is 0 Å². The number of aliphatic hydroxyl groups excluding tert-OH is 2. The molecule has 3 aromatic heterocycles. The number of halogens is 4. The van der Waals surface area contributed by atoms with Crippen molar-refractivity contribution in [1.82, 2.24) is 24.7 Å². The molecule has 1 aliphatic heterocycles. The van der Waals surface area contributed by atoms with E-state index in [2.05, 4.69) is 25.4 Å². The molecule has 0 amide bonds. The van der Waals surface area contributed by atoms with E-state index < -0.39 is 42.0 Å². The molecule has 1 aliphatic rings. The fourth-order valence-electron chi connectivity index (χ4n) is 4.23. The zero-order chi connectivity index (χ0) is 26.6. The van der Waals surface area contributed by atoms with E-state index in [0.29, 0.717) is 0 Å². The van der Waals surface area contributed by atoms with Crippen molar-refractivity contribution < 1.29 is 32.6 Å². The number of ether oxygens (including phenoxy) is 1. The number of benzene rings is 2. The van der Waals surface area contributed by atoms with Gasteiger partial charge in [-0.15, -0.1) is 0 Å². The molecule has 4 atom stereocenters. The summed E-state index contributed by atoms with van der Waals surface area (Å²) in [6, 6.07) is 8.32. The Hall–Kier alpha value is -4.04. The lowest BCUT2D eigenvalue weighted by molar-refractivity contribution is -0.0433. The lowest BCUT2D eigenvalue weighted by Crippen LogP contribution is -2.28. The number of nitrogens with one attached hydrogen (secondary N) is 1. The highest BCUT2D eigenvalue weighted by atomic mass is 35.5. The number of fused-ring (bicyclic) bond motifs is 1. The average Bonchev–Trinajstić information content (AvgIpc) is 3.59. The first kappa shape index (κ1) is 24.3. The van der Waals surface area contributed by atoms with Crippen LogP contribution in [0, 0.1) is 17.5 Å². The van der Waals surface area contributed by atoms with Gasteiger partial charge in [-0.1, -0.05) is 16.8 Å². The smallest absolute Gasteiger partial charge is 0.168 e. The Morgan fingerprint density at radius 2 is 1.74 bits per heavy atom. The molecule has 0 bridgehead atoms. The third-order valence-electron chi connectivity index (χ3n) is 6.02. The van der Waals surface area contributed by atoms with E-state index in [4.69, 9.17) is 20.9 Å². The van der Waals surface area contributed by atoms with Gasteiger partial charge in [0, 0.05) is 22.7 Å². The molecule has 194 valence electrons. The van der Waals surface area contributed by atoms with Crippen molar-refractivity contribution in [2.45, 2.75) is 24.5 Å². The minimum atomic E-state index is -1.45. The molecule has 0 radical (unpaired) electrons. The van der Waals surface area contributed by atoms with Gasteiger partial charge in [-0.3, -0.25) is 4.57 Å². The minimum absolute atomic E-state index is 0.0262. The van der Waals surface area contributed by atoms with E-state index in [1.54, 1.807) is 0 Å². The van der Waals surface area contributed by atoms with Gasteiger partial charge in [0.15, 0.2) is 29.0 Å². The van der Waals surface area contributed by atoms with Crippen molar-refractivity contribution in [1.29, 1.82) is 0 Å². The van der Waals surface area contributed by atoms with E-state index in [-0.39, 0.29) is 44.7 Å². The normalized spacial score (nSPS) is 21.3. The second kappa shape index (κ2) is 9.36. The van der Waals surface area contributed by atoms with Crippen LogP contribution >= 0.6 is 11.6 Å². The molecule has 0 unspecified atom stereocenters. The zero-order valence-corrected chi connectivity index (χ0v) is 19.7. The quantitative estimate of drug-likeness (QED) is 0.296. The summed E-state index contributed by atoms with van der Waals surface area (Å²) in [4.78, 5) is 12.6. The third-order valence-corrected chi connectivity index (χ3v) is 6.26. The first-order chi connectivity index (χ1) is 18.3. The van der Waals surface area contributed by atoms with Crippen LogP contribution in [0.15, 0.2) is 59.6 Å². The number of imidazole rings is 1. The maximum atomic E-state index is 14.3. The molecule has 6 rings (SSSR count). The first-order valence-corrected chi connectivity index (χ1v) is 11.5. The fourth-order valence-corrected chi connectivity index (χ4v) is 4.39. The molecule has 14 heteroatoms. The average molecular weight is 545 g/mol. The van der Waals surface area contributed by atoms with Gasteiger partial charge >= 0.3 is 0 Å². The Morgan fingerprint density at radius 1 is 0.947 bits per heavy atom. The summed E-state index contributed by atoms with van der Waals surface area (Å²) in [5.41, 5.74) is 0.804. The van der Waals surface area contributed by atoms with Gasteiger partial charge in [-0.05, 0) is 30.3 Å². The predicted molar refractivity (Wildman–Crippen MR) is 127 cm³/mol. The van der Waals surface area contributed by atoms with Gasteiger partial charge in [-0.2, -0.15) is 0 Å². The highest BCUT2D eigenvalue weighted by molar-refractivity contribution is 6.30. The molecule has 0 aliphatic carbocycles. The Balaban J connectivity index is 1.29. The Bertz CT molecular complexity index is 1640. The van der Waals surface area contributed by atoms with Gasteiger partial charge < -0.3 is 24.8 Å². The number of anilines is 2. The number of aliphatic hydroxyl groups is 2. The summed E-state index contributed by atoms with van der Waals surface area (Å²) in [6.45, 7) is 0. The minimum Gasteiger partial charge on any atom is -0.387 e. The molecule has 0 spiro atoms. The van der Waals surface area contributed by atoms with Gasteiger partial charge in [-0.25, -0.2) is 28.1 Å². The molecular formula is C24H16ClF3N6O4. The zero-order valence-electron chi connectivity index (χ0n) is 19.0. The monoisotopic (exact) mass is 544 g/mol. The van der Waals surface area contributed by atoms with Crippen molar-refractivity contribution in [3.05, 3.63) is 83.4 Å². The van der Waals surface area contributed by atoms with E-state index in [1.807, 2.05) is 0 Å². The predicted octanol–water partition coefficient (Wildman–Crippen LogP) is 4.29. The second-order valence-corrected chi connectivity index (χ2v) is 8.93. The van der Waals surface area contributed by atoms with Crippen molar-refractivity contribution in [3.8, 4) is 11.3 Å². The van der Waals surface area contributed by atoms with Crippen LogP contribution in [0.1, 0.15) is 18.1 Å². The number of rotatable bonds is 5. The number of nitrogens with zero attached hydrogens (tertiary/aromatic N) is 5. The number of hydrogen-bond donors (Lipinski definition) is 3. The molecule has 3 N–H and O–H groups in total. The van der Waals surface area contributed by atoms with Gasteiger partial charge in [0.25, 0.3) is 0 Å². The summed E-state index contributed by atoms with van der Waals surface area (Å²) in [5, 5.41) is 28.4. The topological polar surface area (TPSA) is 131 Å². The highest BCUT2D eigenvalue weighted by Crippen LogP contribution is 2.41. The lowest BCUT2D eigenvalue weighted by atomic mass is 10.1. The van der Waals surface area contributed by atoms with Crippen LogP contribution in [0.3, 0.4) is 0 Å². The molecular weight excluding hydrogens is 529 g/mol. The number of hydrogen-bond acceptors (Lipinski definition) is 9. The first-order valence-electron chi connectivity index (χ1n) is 11.1. The largest absolute Gasteiger partial charge is 0.387 e. The van der Waals surface area contributed by atoms with Gasteiger partial charge in [0.2, 0.25) is 0 Å². The highest BCUT2D eigenvalue weighted by Gasteiger charge is 2.47. The maximum Gasteiger partial charge on any atom is 0.168 e. The molecule has 10 nitrogen and oxygen atoms in total. The standard InChI is InChI=1S/C24H16ClF3N6O4/c25-11-1-2-15(14(28)5-11)32-22-18-23(30-8-29-22)34(9-31-18)24-20(36)19(35)21(37-24)17-7-16(33-38-17)10-3-12(26)6-13(27)4-10/h1-9,19-21,24,35-36H,(H,29,30,32)/t19-,20+,21+,24+/m0/s1. The second-order valence-electron chi connectivity index (χ2n) is 8.50. The van der Waals surface area contributed by atoms with Crippen LogP contribution in [0.2, 0.25) is 5.02 Å². The van der Waals surface area contributed by atoms with Crippen LogP contribution in [0.25, 0.3) is 22.4 Å². The molecule has 38 heavy (non-hydrogen) atoms. The summed E-state index contributed by atoms with van der Waals surface area (Å²) < 4.78 is 54.1. The van der Waals surface area contributed by atoms with Crippen LogP contribution in [0.4, 0.5) is 24.7 Å². The van der Waals surface area contributed by atoms with E-state index in [9.17, 15) is 23.4 Å². The van der Waals surface area contributed by atoms with E-state index in [1.165, 1.54) is 35.4 Å². The van der Waals surface area contributed by atoms with E-state index in [0.717, 1.165) is 24.3 Å². The van der Waals surface area contributed by atoms with Crippen LogP contribution in [-0.2, 0) is 4.74 Å². The van der Waals surface area contributed by atoms with Crippen LogP contribution < -0.4 is 5.32 Å². The fraction of sp³-hybridized carbons (Fsp3) is 0.167. The molecule has 2 aromatic carbocycles. The van der Waals surface area contributed by atoms with Crippen LogP contribution in [0.5, 0.6) is 0 Å². The third kappa shape index (κ3) is 4.24. The lowest BCUT2D eigenvalue weighted by Gasteiger charge is -2.16. The maximum absolute atomic E-state index is 14.3. The Labute approximate surface area is 216 Å². The Morgan fingerprint density at radius 3 is 2.50 bits per heavy atom. The molecule has 1 saturated heterocycles. The summed E-state index contributed by atoms with van der Waals surface area (Å²) in [6.07, 6.45) is -2.69. The SMILES string of the molecule is O[C@@H]1[C@H](O)[C@@H](c2cc(-c3cc(F)cc(F)c3)no2)O[C@H]1n1cnc2c(Nc3ccc(Cl)cc3F)ncnc21. The van der Waals surface area contributed by atoms with Crippen LogP contribution in [-0.4, -0.2) is 47.1 Å². The molecule has 4 heterocycles. The van der Waals surface area contributed by atoms with Crippen molar-refractivity contribution in [3.63, 3.8) is 0 Å². The summed E-state index contributed by atoms with van der Waals surface area (Å²) in [5.74, 6) is -1.98. The summed E-state index contributed by atoms with van der Waals surface area (Å²) in [7, 11) is 0. The molecule has 5 aromatic rings. The van der Waals surface area contributed by atoms with Gasteiger partial charge in [0.1, 0.15) is 47.8 Å². The Kier molecular flexibility index (Phi) is 5.99. The number of aromatic nitrogens is 5. The molecule has 1 fully saturated rings. The van der Waals surface area contributed by atoms with Gasteiger partial charge in [0.05, 0.1) is 12.0 Å². The molecule has 0 saturated carbocycles. The summed E-state index contributed by atoms with van der Waals surface area (Å²) >= 11 is 5.81. The van der Waals surface area contributed by atoms with Crippen molar-refractivity contribution in [2.75, 3.05) is 5.32 Å². The van der Waals surface area contributed by atoms with Crippen molar-refractivity contribution in [2.24, 2.45) is 0 Å². The van der Waals surface area contributed by atoms with Crippen molar-refractivity contribution >= 4 is 34.3 Å².